The molecule has 1 aromatic rings. The number of esters is 1. The fourth-order valence-corrected chi connectivity index (χ4v) is 6.49. The molecule has 5 heteroatoms. The summed E-state index contributed by atoms with van der Waals surface area (Å²) in [6.07, 6.45) is 5.85. The fraction of sp³-hybridized carbons (Fsp3) is 0.655. The third-order valence-corrected chi connectivity index (χ3v) is 8.55. The Labute approximate surface area is 206 Å². The van der Waals surface area contributed by atoms with Crippen LogP contribution in [0.4, 0.5) is 0 Å². The van der Waals surface area contributed by atoms with Crippen LogP contribution in [0.3, 0.4) is 0 Å². The molecule has 2 aliphatic carbocycles. The van der Waals surface area contributed by atoms with Crippen LogP contribution in [0, 0.1) is 37.0 Å². The smallest absolute Gasteiger partial charge is 0.303 e. The maximum atomic E-state index is 11.8. The van der Waals surface area contributed by atoms with Gasteiger partial charge in [0, 0.05) is 58.5 Å². The molecule has 0 amide bonds. The van der Waals surface area contributed by atoms with Crippen LogP contribution >= 0.6 is 0 Å². The predicted octanol–water partition coefficient (Wildman–Crippen LogP) is 4.24. The predicted molar refractivity (Wildman–Crippen MR) is 136 cm³/mol. The summed E-state index contributed by atoms with van der Waals surface area (Å²) in [5.74, 6) is 0.867. The Kier molecular flexibility index (Phi) is 7.85. The maximum absolute atomic E-state index is 11.8. The molecule has 34 heavy (non-hydrogen) atoms. The fourth-order valence-electron chi connectivity index (χ4n) is 6.49. The van der Waals surface area contributed by atoms with Gasteiger partial charge >= 0.3 is 5.97 Å². The first kappa shape index (κ1) is 25.4. The number of aryl methyl sites for hydroxylation is 1. The molecule has 3 aliphatic rings. The molecule has 1 saturated carbocycles. The molecule has 6 atom stereocenters. The molecular formula is C29H43N2O3. The second-order valence-corrected chi connectivity index (χ2v) is 11.2. The number of hydrogen-bond acceptors (Lipinski definition) is 5. The first-order chi connectivity index (χ1) is 16.2. The molecule has 1 radical (unpaired) electrons. The molecule has 0 spiro atoms. The minimum Gasteiger partial charge on any atom is -0.458 e. The van der Waals surface area contributed by atoms with Crippen LogP contribution in [0.25, 0.3) is 0 Å². The number of ether oxygens (including phenoxy) is 1. The summed E-state index contributed by atoms with van der Waals surface area (Å²) in [6, 6.07) is 8.84. The zero-order valence-corrected chi connectivity index (χ0v) is 21.7. The number of carbonyl (C=O) groups excluding carboxylic acids is 1. The van der Waals surface area contributed by atoms with E-state index in [9.17, 15) is 9.90 Å². The van der Waals surface area contributed by atoms with Crippen molar-refractivity contribution in [3.63, 3.8) is 0 Å². The second kappa shape index (κ2) is 10.5. The van der Waals surface area contributed by atoms with Crippen LogP contribution in [0.15, 0.2) is 35.9 Å². The number of carbonyl (C=O) groups is 1. The van der Waals surface area contributed by atoms with Crippen molar-refractivity contribution in [3.8, 4) is 0 Å². The molecule has 4 rings (SSSR count). The summed E-state index contributed by atoms with van der Waals surface area (Å²) in [4.78, 5) is 16.8. The molecule has 1 N–H and O–H groups in total. The Morgan fingerprint density at radius 3 is 2.56 bits per heavy atom. The van der Waals surface area contributed by atoms with E-state index in [0.29, 0.717) is 11.8 Å². The Hall–Kier alpha value is -1.69. The molecule has 1 aliphatic heterocycles. The van der Waals surface area contributed by atoms with Crippen molar-refractivity contribution in [1.82, 2.24) is 9.80 Å². The lowest BCUT2D eigenvalue weighted by Gasteiger charge is -2.53. The van der Waals surface area contributed by atoms with Crippen molar-refractivity contribution >= 4 is 5.97 Å². The van der Waals surface area contributed by atoms with Crippen molar-refractivity contribution in [2.24, 2.45) is 23.7 Å². The quantitative estimate of drug-likeness (QED) is 0.501. The molecule has 187 valence electrons. The summed E-state index contributed by atoms with van der Waals surface area (Å²) >= 11 is 0. The first-order valence-corrected chi connectivity index (χ1v) is 13.1. The lowest BCUT2D eigenvalue weighted by molar-refractivity contribution is -0.148. The third-order valence-electron chi connectivity index (χ3n) is 8.55. The van der Waals surface area contributed by atoms with Gasteiger partial charge in [-0.2, -0.15) is 0 Å². The van der Waals surface area contributed by atoms with Crippen molar-refractivity contribution in [1.29, 1.82) is 0 Å². The molecule has 1 unspecified atom stereocenters. The minimum absolute atomic E-state index is 0.0840. The highest BCUT2D eigenvalue weighted by molar-refractivity contribution is 5.66. The highest BCUT2D eigenvalue weighted by atomic mass is 16.5. The second-order valence-electron chi connectivity index (χ2n) is 11.2. The van der Waals surface area contributed by atoms with Crippen molar-refractivity contribution in [2.45, 2.75) is 65.7 Å². The average molecular weight is 468 g/mol. The number of benzene rings is 1. The topological polar surface area (TPSA) is 53.0 Å². The van der Waals surface area contributed by atoms with Gasteiger partial charge in [0.05, 0.1) is 5.60 Å². The third kappa shape index (κ3) is 5.58. The summed E-state index contributed by atoms with van der Waals surface area (Å²) in [5, 5.41) is 11.8. The first-order valence-electron chi connectivity index (χ1n) is 13.1. The maximum Gasteiger partial charge on any atom is 0.303 e. The van der Waals surface area contributed by atoms with E-state index in [-0.39, 0.29) is 17.8 Å². The SMILES string of the molecule is CC(=O)O[C@@H]1[CH][C@@]2(O)[C@H](C)CC[C@@H](C(C)CN3CCN(Cc4cccc(C)c4)CC3)[C@H]2C=C1C. The van der Waals surface area contributed by atoms with E-state index in [2.05, 4.69) is 60.9 Å². The standard InChI is InChI=1S/C29H43N2O3/c1-20-7-6-8-25(15-20)19-31-13-11-30(12-14-31)18-22(3)26-10-9-23(4)29(33)17-28(34-24(5)32)21(2)16-27(26)29/h6-8,15-17,22-23,26-28,33H,9-14,18-19H2,1-5H3/t22?,23-,26+,27-,28-,29-/m1/s1. The van der Waals surface area contributed by atoms with Gasteiger partial charge in [0.1, 0.15) is 6.10 Å². The molecule has 2 fully saturated rings. The van der Waals surface area contributed by atoms with Crippen LogP contribution in [-0.2, 0) is 16.1 Å². The highest BCUT2D eigenvalue weighted by Gasteiger charge is 2.53. The van der Waals surface area contributed by atoms with Crippen molar-refractivity contribution in [3.05, 3.63) is 53.5 Å². The molecule has 5 nitrogen and oxygen atoms in total. The molecule has 1 saturated heterocycles. The average Bonchev–Trinajstić information content (AvgIpc) is 2.77. The van der Waals surface area contributed by atoms with Crippen LogP contribution in [0.1, 0.15) is 51.7 Å². The van der Waals surface area contributed by atoms with Gasteiger partial charge in [-0.25, -0.2) is 0 Å². The summed E-state index contributed by atoms with van der Waals surface area (Å²) in [6.45, 7) is 16.6. The van der Waals surface area contributed by atoms with Gasteiger partial charge in [0.15, 0.2) is 0 Å². The molecule has 1 aromatic carbocycles. The van der Waals surface area contributed by atoms with E-state index in [1.807, 2.05) is 13.3 Å². The van der Waals surface area contributed by atoms with E-state index in [1.165, 1.54) is 18.1 Å². The lowest BCUT2D eigenvalue weighted by Crippen LogP contribution is -2.57. The van der Waals surface area contributed by atoms with Crippen LogP contribution in [0.5, 0.6) is 0 Å². The van der Waals surface area contributed by atoms with Crippen molar-refractivity contribution < 1.29 is 14.6 Å². The molecular weight excluding hydrogens is 424 g/mol. The zero-order valence-electron chi connectivity index (χ0n) is 21.7. The highest BCUT2D eigenvalue weighted by Crippen LogP contribution is 2.50. The summed E-state index contributed by atoms with van der Waals surface area (Å²) in [7, 11) is 0. The Bertz CT molecular complexity index is 891. The normalized spacial score (nSPS) is 33.6. The Morgan fingerprint density at radius 1 is 1.18 bits per heavy atom. The van der Waals surface area contributed by atoms with Crippen molar-refractivity contribution in [2.75, 3.05) is 32.7 Å². The molecule has 1 heterocycles. The summed E-state index contributed by atoms with van der Waals surface area (Å²) < 4.78 is 5.51. The van der Waals surface area contributed by atoms with Crippen LogP contribution < -0.4 is 0 Å². The number of fused-ring (bicyclic) bond motifs is 1. The lowest BCUT2D eigenvalue weighted by atomic mass is 9.57. The monoisotopic (exact) mass is 467 g/mol. The van der Waals surface area contributed by atoms with E-state index in [0.717, 1.165) is 57.7 Å². The van der Waals surface area contributed by atoms with Gasteiger partial charge in [-0.3, -0.25) is 9.69 Å². The van der Waals surface area contributed by atoms with Gasteiger partial charge in [-0.05, 0) is 55.6 Å². The Balaban J connectivity index is 1.36. The van der Waals surface area contributed by atoms with Gasteiger partial charge in [-0.1, -0.05) is 49.8 Å². The number of hydrogen-bond donors (Lipinski definition) is 1. The van der Waals surface area contributed by atoms with Gasteiger partial charge in [0.2, 0.25) is 0 Å². The van der Waals surface area contributed by atoms with E-state index in [4.69, 9.17) is 4.74 Å². The summed E-state index contributed by atoms with van der Waals surface area (Å²) in [5.41, 5.74) is 2.86. The number of piperazine rings is 1. The molecule has 0 aromatic heterocycles. The zero-order chi connectivity index (χ0) is 24.5. The van der Waals surface area contributed by atoms with Gasteiger partial charge < -0.3 is 14.7 Å². The van der Waals surface area contributed by atoms with E-state index >= 15 is 0 Å². The largest absolute Gasteiger partial charge is 0.458 e. The molecule has 0 bridgehead atoms. The minimum atomic E-state index is -0.913. The van der Waals surface area contributed by atoms with E-state index < -0.39 is 11.7 Å². The number of nitrogens with zero attached hydrogens (tertiary/aromatic N) is 2. The van der Waals surface area contributed by atoms with Gasteiger partial charge in [0.25, 0.3) is 0 Å². The van der Waals surface area contributed by atoms with E-state index in [1.54, 1.807) is 0 Å². The van der Waals surface area contributed by atoms with Crippen LogP contribution in [0.2, 0.25) is 0 Å². The number of aliphatic hydroxyl groups is 1. The van der Waals surface area contributed by atoms with Crippen LogP contribution in [-0.4, -0.2) is 65.3 Å². The number of rotatable bonds is 6. The van der Waals surface area contributed by atoms with Gasteiger partial charge in [-0.15, -0.1) is 0 Å². The Morgan fingerprint density at radius 2 is 1.88 bits per heavy atom.